The first-order chi connectivity index (χ1) is 18.8. The number of amides is 3. The van der Waals surface area contributed by atoms with Crippen molar-refractivity contribution in [3.05, 3.63) is 107 Å². The normalized spacial score (nSPS) is 18.0. The topological polar surface area (TPSA) is 151 Å². The van der Waals surface area contributed by atoms with Crippen LogP contribution in [-0.4, -0.2) is 52.4 Å². The Hall–Kier alpha value is -4.50. The molecule has 0 radical (unpaired) electrons. The fourth-order valence-electron chi connectivity index (χ4n) is 4.87. The number of likely N-dealkylation sites (tertiary alicyclic amines) is 1. The summed E-state index contributed by atoms with van der Waals surface area (Å²) >= 11 is 0. The lowest BCUT2D eigenvalue weighted by Crippen LogP contribution is -2.51. The van der Waals surface area contributed by atoms with Gasteiger partial charge in [-0.25, -0.2) is 4.79 Å². The van der Waals surface area contributed by atoms with E-state index in [2.05, 4.69) is 10.3 Å². The number of benzene rings is 3. The lowest BCUT2D eigenvalue weighted by atomic mass is 9.96. The second-order valence-electron chi connectivity index (χ2n) is 9.67. The highest BCUT2D eigenvalue weighted by Gasteiger charge is 2.41. The number of carbonyl (C=O) groups is 3. The van der Waals surface area contributed by atoms with Crippen molar-refractivity contribution in [2.75, 3.05) is 6.54 Å². The fraction of sp³-hybridized carbons (Fsp3) is 0.267. The SMILES string of the molecule is NC(=NC(=O)O)c1ccc(CNC(=O)C2CC(c3ccccc3)CN2C(=O)[C@H](N)CCc2ccccc2)cc1. The number of nitrogens with two attached hydrogens (primary N) is 2. The second-order valence-corrected chi connectivity index (χ2v) is 9.67. The van der Waals surface area contributed by atoms with Crippen LogP contribution in [0.15, 0.2) is 89.9 Å². The van der Waals surface area contributed by atoms with Gasteiger partial charge in [0.2, 0.25) is 11.8 Å². The van der Waals surface area contributed by atoms with Crippen LogP contribution < -0.4 is 16.8 Å². The Morgan fingerprint density at radius 1 is 0.949 bits per heavy atom. The Morgan fingerprint density at radius 3 is 2.23 bits per heavy atom. The molecule has 3 aromatic carbocycles. The number of rotatable bonds is 9. The Bertz CT molecular complexity index is 1310. The first-order valence-corrected chi connectivity index (χ1v) is 12.9. The van der Waals surface area contributed by atoms with Gasteiger partial charge in [-0.3, -0.25) is 9.59 Å². The van der Waals surface area contributed by atoms with E-state index in [-0.39, 0.29) is 30.1 Å². The van der Waals surface area contributed by atoms with Crippen LogP contribution in [0.4, 0.5) is 4.79 Å². The molecule has 0 spiro atoms. The predicted octanol–water partition coefficient (Wildman–Crippen LogP) is 3.03. The molecule has 3 aromatic rings. The molecule has 1 aliphatic rings. The summed E-state index contributed by atoms with van der Waals surface area (Å²) in [7, 11) is 0. The molecule has 202 valence electrons. The summed E-state index contributed by atoms with van der Waals surface area (Å²) in [5.74, 6) is -0.535. The number of amidine groups is 1. The van der Waals surface area contributed by atoms with Crippen LogP contribution in [0.2, 0.25) is 0 Å². The summed E-state index contributed by atoms with van der Waals surface area (Å²) in [5.41, 5.74) is 15.5. The van der Waals surface area contributed by atoms with Crippen molar-refractivity contribution >= 4 is 23.7 Å². The number of hydrogen-bond donors (Lipinski definition) is 4. The molecule has 2 unspecified atom stereocenters. The average molecular weight is 528 g/mol. The van der Waals surface area contributed by atoms with E-state index in [4.69, 9.17) is 16.6 Å². The zero-order valence-electron chi connectivity index (χ0n) is 21.6. The minimum absolute atomic E-state index is 0.0306. The van der Waals surface area contributed by atoms with Gasteiger partial charge in [0, 0.05) is 24.6 Å². The van der Waals surface area contributed by atoms with Crippen molar-refractivity contribution < 1.29 is 19.5 Å². The zero-order chi connectivity index (χ0) is 27.8. The molecule has 4 rings (SSSR count). The number of carboxylic acid groups (broad SMARTS) is 1. The quantitative estimate of drug-likeness (QED) is 0.248. The maximum Gasteiger partial charge on any atom is 0.433 e. The smallest absolute Gasteiger partial charge is 0.433 e. The van der Waals surface area contributed by atoms with Crippen molar-refractivity contribution in [1.82, 2.24) is 10.2 Å². The van der Waals surface area contributed by atoms with Gasteiger partial charge in [0.05, 0.1) is 6.04 Å². The molecule has 39 heavy (non-hydrogen) atoms. The van der Waals surface area contributed by atoms with Crippen molar-refractivity contribution in [3.8, 4) is 0 Å². The van der Waals surface area contributed by atoms with Crippen LogP contribution >= 0.6 is 0 Å². The molecule has 1 saturated heterocycles. The van der Waals surface area contributed by atoms with E-state index in [1.807, 2.05) is 60.7 Å². The van der Waals surface area contributed by atoms with Gasteiger partial charge in [-0.05, 0) is 36.0 Å². The first kappa shape index (κ1) is 27.5. The molecular weight excluding hydrogens is 494 g/mol. The van der Waals surface area contributed by atoms with Crippen molar-refractivity contribution in [3.63, 3.8) is 0 Å². The highest BCUT2D eigenvalue weighted by Crippen LogP contribution is 2.32. The minimum Gasteiger partial charge on any atom is -0.463 e. The molecule has 3 atom stereocenters. The summed E-state index contributed by atoms with van der Waals surface area (Å²) in [6, 6.07) is 25.2. The third-order valence-electron chi connectivity index (χ3n) is 6.99. The highest BCUT2D eigenvalue weighted by atomic mass is 16.4. The standard InChI is InChI=1S/C30H33N5O4/c31-25(16-13-20-7-3-1-4-8-20)29(37)35-19-24(22-9-5-2-6-10-22)17-26(35)28(36)33-18-21-11-14-23(15-12-21)27(32)34-30(38)39/h1-12,14-15,24-26H,13,16-19,31H2,(H2,32,34)(H,33,36)(H,38,39)/t24?,25-,26?/m1/s1. The van der Waals surface area contributed by atoms with Gasteiger partial charge in [-0.1, -0.05) is 84.9 Å². The summed E-state index contributed by atoms with van der Waals surface area (Å²) in [6.45, 7) is 0.667. The van der Waals surface area contributed by atoms with Crippen LogP contribution in [-0.2, 0) is 22.6 Å². The van der Waals surface area contributed by atoms with E-state index in [0.717, 1.165) is 16.7 Å². The number of aryl methyl sites for hydroxylation is 1. The van der Waals surface area contributed by atoms with Crippen molar-refractivity contribution in [1.29, 1.82) is 0 Å². The molecule has 9 nitrogen and oxygen atoms in total. The van der Waals surface area contributed by atoms with Crippen molar-refractivity contribution in [2.45, 2.75) is 43.8 Å². The van der Waals surface area contributed by atoms with E-state index in [9.17, 15) is 14.4 Å². The van der Waals surface area contributed by atoms with Gasteiger partial charge in [-0.2, -0.15) is 4.99 Å². The van der Waals surface area contributed by atoms with Gasteiger partial charge in [0.25, 0.3) is 0 Å². The van der Waals surface area contributed by atoms with Crippen LogP contribution in [0, 0.1) is 0 Å². The second kappa shape index (κ2) is 12.8. The number of aliphatic imine (C=N–C) groups is 1. The molecule has 0 aliphatic carbocycles. The number of nitrogens with one attached hydrogen (secondary N) is 1. The van der Waals surface area contributed by atoms with Gasteiger partial charge >= 0.3 is 6.09 Å². The highest BCUT2D eigenvalue weighted by molar-refractivity contribution is 6.02. The molecule has 1 fully saturated rings. The maximum atomic E-state index is 13.5. The molecule has 6 N–H and O–H groups in total. The van der Waals surface area contributed by atoms with E-state index in [1.165, 1.54) is 0 Å². The van der Waals surface area contributed by atoms with E-state index >= 15 is 0 Å². The van der Waals surface area contributed by atoms with Crippen LogP contribution in [0.1, 0.15) is 41.0 Å². The Morgan fingerprint density at radius 2 is 1.59 bits per heavy atom. The maximum absolute atomic E-state index is 13.5. The van der Waals surface area contributed by atoms with Gasteiger partial charge < -0.3 is 26.8 Å². The largest absolute Gasteiger partial charge is 0.463 e. The number of carbonyl (C=O) groups excluding carboxylic acids is 2. The monoisotopic (exact) mass is 527 g/mol. The summed E-state index contributed by atoms with van der Waals surface area (Å²) < 4.78 is 0. The predicted molar refractivity (Wildman–Crippen MR) is 149 cm³/mol. The molecule has 1 aliphatic heterocycles. The summed E-state index contributed by atoms with van der Waals surface area (Å²) in [6.07, 6.45) is 0.310. The molecule has 1 heterocycles. The van der Waals surface area contributed by atoms with Crippen LogP contribution in [0.25, 0.3) is 0 Å². The van der Waals surface area contributed by atoms with Crippen molar-refractivity contribution in [2.24, 2.45) is 16.5 Å². The first-order valence-electron chi connectivity index (χ1n) is 12.9. The number of nitrogens with zero attached hydrogens (tertiary/aromatic N) is 2. The Labute approximate surface area is 227 Å². The Balaban J connectivity index is 1.43. The van der Waals surface area contributed by atoms with Gasteiger partial charge in [0.15, 0.2) is 0 Å². The minimum atomic E-state index is -1.37. The average Bonchev–Trinajstić information content (AvgIpc) is 3.41. The van der Waals surface area contributed by atoms with E-state index < -0.39 is 18.2 Å². The third-order valence-corrected chi connectivity index (χ3v) is 6.99. The summed E-state index contributed by atoms with van der Waals surface area (Å²) in [5, 5.41) is 11.7. The Kier molecular flexibility index (Phi) is 9.06. The lowest BCUT2D eigenvalue weighted by molar-refractivity contribution is -0.139. The van der Waals surface area contributed by atoms with Gasteiger partial charge in [-0.15, -0.1) is 0 Å². The molecule has 9 heteroatoms. The fourth-order valence-corrected chi connectivity index (χ4v) is 4.87. The van der Waals surface area contributed by atoms with Crippen LogP contribution in [0.5, 0.6) is 0 Å². The zero-order valence-corrected chi connectivity index (χ0v) is 21.6. The molecule has 3 amide bonds. The lowest BCUT2D eigenvalue weighted by Gasteiger charge is -2.27. The van der Waals surface area contributed by atoms with Crippen LogP contribution in [0.3, 0.4) is 0 Å². The number of hydrogen-bond acceptors (Lipinski definition) is 4. The molecule has 0 saturated carbocycles. The molecule has 0 aromatic heterocycles. The third kappa shape index (κ3) is 7.30. The molecular formula is C30H33N5O4. The molecule has 0 bridgehead atoms. The van der Waals surface area contributed by atoms with E-state index in [1.54, 1.807) is 29.2 Å². The van der Waals surface area contributed by atoms with E-state index in [0.29, 0.717) is 31.4 Å². The van der Waals surface area contributed by atoms with Gasteiger partial charge in [0.1, 0.15) is 11.9 Å². The summed E-state index contributed by atoms with van der Waals surface area (Å²) in [4.78, 5) is 42.5.